The van der Waals surface area contributed by atoms with Crippen molar-refractivity contribution in [3.05, 3.63) is 34.3 Å². The van der Waals surface area contributed by atoms with Crippen LogP contribution < -0.4 is 11.1 Å². The minimum Gasteiger partial charge on any atom is -0.408 e. The first kappa shape index (κ1) is 11.5. The fourth-order valence-electron chi connectivity index (χ4n) is 1.98. The molecule has 96 valence electrons. The monoisotopic (exact) mass is 257 g/mol. The number of aromatic nitrogens is 1. The first-order valence-electron chi connectivity index (χ1n) is 5.94. The van der Waals surface area contributed by atoms with E-state index in [1.165, 1.54) is 0 Å². The van der Waals surface area contributed by atoms with Gasteiger partial charge in [0.05, 0.1) is 11.6 Å². The summed E-state index contributed by atoms with van der Waals surface area (Å²) in [5, 5.41) is 11.6. The Kier molecular flexibility index (Phi) is 2.42. The average molecular weight is 257 g/mol. The summed E-state index contributed by atoms with van der Waals surface area (Å²) in [6, 6.07) is 7.23. The molecule has 0 spiro atoms. The van der Waals surface area contributed by atoms with Gasteiger partial charge in [0.1, 0.15) is 5.41 Å². The number of carbonyl (C=O) groups excluding carboxylic acids is 1. The molecule has 0 aliphatic heterocycles. The molecule has 0 bridgehead atoms. The number of amides is 1. The van der Waals surface area contributed by atoms with Crippen LogP contribution in [0.3, 0.4) is 0 Å². The Labute approximate surface area is 108 Å². The number of hydrogen-bond donors (Lipinski definition) is 2. The van der Waals surface area contributed by atoms with Gasteiger partial charge < -0.3 is 9.73 Å². The molecule has 2 aromatic rings. The van der Waals surface area contributed by atoms with Gasteiger partial charge >= 0.3 is 5.76 Å². The second kappa shape index (κ2) is 3.99. The van der Waals surface area contributed by atoms with Gasteiger partial charge in [-0.3, -0.25) is 9.78 Å². The molecule has 0 radical (unpaired) electrons. The molecule has 2 N–H and O–H groups in total. The number of fused-ring (bicyclic) bond motifs is 1. The SMILES string of the molecule is N#CC1(C(=O)NCc2ccc3oc(=O)[nH]c3c2)CC1. The number of oxazole rings is 1. The van der Waals surface area contributed by atoms with Crippen molar-refractivity contribution in [2.75, 3.05) is 0 Å². The van der Waals surface area contributed by atoms with Crippen molar-refractivity contribution in [1.29, 1.82) is 5.26 Å². The summed E-state index contributed by atoms with van der Waals surface area (Å²) in [6.07, 6.45) is 1.26. The van der Waals surface area contributed by atoms with Gasteiger partial charge in [0.15, 0.2) is 5.58 Å². The van der Waals surface area contributed by atoms with E-state index in [0.717, 1.165) is 5.56 Å². The summed E-state index contributed by atoms with van der Waals surface area (Å²) >= 11 is 0. The highest BCUT2D eigenvalue weighted by atomic mass is 16.4. The molecule has 0 unspecified atom stereocenters. The van der Waals surface area contributed by atoms with Crippen molar-refractivity contribution in [2.45, 2.75) is 19.4 Å². The number of rotatable bonds is 3. The van der Waals surface area contributed by atoms with Crippen LogP contribution in [0, 0.1) is 16.7 Å². The number of nitrogens with one attached hydrogen (secondary N) is 2. The maximum absolute atomic E-state index is 11.8. The van der Waals surface area contributed by atoms with Gasteiger partial charge in [0.2, 0.25) is 5.91 Å². The number of aromatic amines is 1. The van der Waals surface area contributed by atoms with Gasteiger partial charge in [-0.15, -0.1) is 0 Å². The van der Waals surface area contributed by atoms with E-state index >= 15 is 0 Å². The van der Waals surface area contributed by atoms with Crippen LogP contribution in [0.15, 0.2) is 27.4 Å². The minimum atomic E-state index is -0.811. The molecule has 1 aromatic heterocycles. The Bertz CT molecular complexity index is 746. The first-order valence-corrected chi connectivity index (χ1v) is 5.94. The Morgan fingerprint density at radius 3 is 3.00 bits per heavy atom. The summed E-state index contributed by atoms with van der Waals surface area (Å²) in [6.45, 7) is 0.325. The van der Waals surface area contributed by atoms with Crippen LogP contribution >= 0.6 is 0 Å². The van der Waals surface area contributed by atoms with E-state index in [4.69, 9.17) is 9.68 Å². The predicted molar refractivity (Wildman–Crippen MR) is 66.0 cm³/mol. The number of carbonyl (C=O) groups is 1. The van der Waals surface area contributed by atoms with Gasteiger partial charge in [0.25, 0.3) is 0 Å². The molecule has 0 atom stereocenters. The first-order chi connectivity index (χ1) is 9.13. The third-order valence-electron chi connectivity index (χ3n) is 3.34. The number of nitrogens with zero attached hydrogens (tertiary/aromatic N) is 1. The molecule has 6 heteroatoms. The molecule has 1 aliphatic carbocycles. The van der Waals surface area contributed by atoms with Crippen LogP contribution in [0.1, 0.15) is 18.4 Å². The van der Waals surface area contributed by atoms with E-state index in [9.17, 15) is 9.59 Å². The Morgan fingerprint density at radius 2 is 2.32 bits per heavy atom. The molecule has 6 nitrogen and oxygen atoms in total. The number of benzene rings is 1. The predicted octanol–water partition coefficient (Wildman–Crippen LogP) is 1.04. The number of H-pyrrole nitrogens is 1. The zero-order chi connectivity index (χ0) is 13.5. The summed E-state index contributed by atoms with van der Waals surface area (Å²) in [7, 11) is 0. The summed E-state index contributed by atoms with van der Waals surface area (Å²) in [5.74, 6) is -0.728. The minimum absolute atomic E-state index is 0.226. The van der Waals surface area contributed by atoms with Crippen molar-refractivity contribution in [2.24, 2.45) is 5.41 Å². The van der Waals surface area contributed by atoms with E-state index in [2.05, 4.69) is 10.3 Å². The van der Waals surface area contributed by atoms with Crippen molar-refractivity contribution < 1.29 is 9.21 Å². The lowest BCUT2D eigenvalue weighted by molar-refractivity contribution is -0.124. The topological polar surface area (TPSA) is 98.9 Å². The molecular formula is C13H11N3O3. The molecule has 19 heavy (non-hydrogen) atoms. The van der Waals surface area contributed by atoms with Crippen LogP contribution in [0.25, 0.3) is 11.1 Å². The van der Waals surface area contributed by atoms with Crippen LogP contribution in [0.4, 0.5) is 0 Å². The van der Waals surface area contributed by atoms with E-state index < -0.39 is 11.2 Å². The number of hydrogen-bond acceptors (Lipinski definition) is 4. The van der Waals surface area contributed by atoms with Gasteiger partial charge in [-0.05, 0) is 30.5 Å². The quantitative estimate of drug-likeness (QED) is 0.858. The molecular weight excluding hydrogens is 246 g/mol. The molecule has 1 heterocycles. The third-order valence-corrected chi connectivity index (χ3v) is 3.34. The smallest absolute Gasteiger partial charge is 0.408 e. The lowest BCUT2D eigenvalue weighted by Crippen LogP contribution is -2.30. The van der Waals surface area contributed by atoms with E-state index in [1.54, 1.807) is 18.2 Å². The van der Waals surface area contributed by atoms with Crippen molar-refractivity contribution in [3.63, 3.8) is 0 Å². The lowest BCUT2D eigenvalue weighted by Gasteiger charge is -2.07. The zero-order valence-electron chi connectivity index (χ0n) is 10.0. The van der Waals surface area contributed by atoms with Gasteiger partial charge in [-0.25, -0.2) is 4.79 Å². The molecule has 3 rings (SSSR count). The van der Waals surface area contributed by atoms with Crippen LogP contribution in [-0.2, 0) is 11.3 Å². The molecule has 1 amide bonds. The maximum Gasteiger partial charge on any atom is 0.417 e. The fraction of sp³-hybridized carbons (Fsp3) is 0.308. The van der Waals surface area contributed by atoms with Gasteiger partial charge in [-0.2, -0.15) is 5.26 Å². The van der Waals surface area contributed by atoms with Crippen molar-refractivity contribution in [1.82, 2.24) is 10.3 Å². The van der Waals surface area contributed by atoms with Crippen LogP contribution in [0.5, 0.6) is 0 Å². The van der Waals surface area contributed by atoms with Crippen molar-refractivity contribution >= 4 is 17.0 Å². The zero-order valence-corrected chi connectivity index (χ0v) is 10.0. The third kappa shape index (κ3) is 1.99. The van der Waals surface area contributed by atoms with E-state index in [0.29, 0.717) is 30.5 Å². The maximum atomic E-state index is 11.8. The Hall–Kier alpha value is -2.55. The molecule has 1 aliphatic rings. The van der Waals surface area contributed by atoms with Crippen LogP contribution in [-0.4, -0.2) is 10.9 Å². The normalized spacial score (nSPS) is 15.9. The second-order valence-corrected chi connectivity index (χ2v) is 4.72. The highest BCUT2D eigenvalue weighted by molar-refractivity contribution is 5.88. The van der Waals surface area contributed by atoms with E-state index in [-0.39, 0.29) is 5.91 Å². The molecule has 1 fully saturated rings. The largest absolute Gasteiger partial charge is 0.417 e. The fourth-order valence-corrected chi connectivity index (χ4v) is 1.98. The summed E-state index contributed by atoms with van der Waals surface area (Å²) in [4.78, 5) is 25.4. The highest BCUT2D eigenvalue weighted by Crippen LogP contribution is 2.44. The van der Waals surface area contributed by atoms with Crippen molar-refractivity contribution in [3.8, 4) is 6.07 Å². The summed E-state index contributed by atoms with van der Waals surface area (Å²) in [5.41, 5.74) is 1.11. The Morgan fingerprint density at radius 1 is 1.53 bits per heavy atom. The number of nitriles is 1. The van der Waals surface area contributed by atoms with Gasteiger partial charge in [-0.1, -0.05) is 6.07 Å². The van der Waals surface area contributed by atoms with Gasteiger partial charge in [0, 0.05) is 6.54 Å². The average Bonchev–Trinajstić information content (AvgIpc) is 3.12. The van der Waals surface area contributed by atoms with Crippen LogP contribution in [0.2, 0.25) is 0 Å². The second-order valence-electron chi connectivity index (χ2n) is 4.72. The van der Waals surface area contributed by atoms with E-state index in [1.807, 2.05) is 6.07 Å². The molecule has 1 saturated carbocycles. The molecule has 0 saturated heterocycles. The lowest BCUT2D eigenvalue weighted by atomic mass is 10.1. The summed E-state index contributed by atoms with van der Waals surface area (Å²) < 4.78 is 4.89. The standard InChI is InChI=1S/C13H11N3O3/c14-7-13(3-4-13)11(17)15-6-8-1-2-10-9(5-8)16-12(18)19-10/h1-2,5H,3-4,6H2,(H,15,17)(H,16,18). The molecule has 1 aromatic carbocycles. The Balaban J connectivity index is 1.73. The highest BCUT2D eigenvalue weighted by Gasteiger charge is 2.50.